The molecule has 0 bridgehead atoms. The molecule has 1 rings (SSSR count). The minimum Gasteiger partial charge on any atom is -0.467 e. The molecule has 2 heteroatoms. The average molecular weight is 305 g/mol. The zero-order chi connectivity index (χ0) is 7.61. The molecule has 11 heavy (non-hydrogen) atoms. The molecule has 0 aromatic heterocycles. The molecule has 1 fully saturated rings. The fourth-order valence-corrected chi connectivity index (χ4v) is 1.42. The van der Waals surface area contributed by atoms with Gasteiger partial charge in [0.05, 0.1) is 0 Å². The predicted octanol–water partition coefficient (Wildman–Crippen LogP) is 2.34. The molecular weight excluding hydrogens is 287 g/mol. The second kappa shape index (κ2) is 5.06. The van der Waals surface area contributed by atoms with Gasteiger partial charge in [-0.15, -0.1) is 0 Å². The van der Waals surface area contributed by atoms with Crippen LogP contribution in [0.15, 0.2) is 0 Å². The maximum atomic E-state index is 3.43. The van der Waals surface area contributed by atoms with Crippen molar-refractivity contribution < 1.29 is 37.7 Å². The van der Waals surface area contributed by atoms with E-state index in [-0.39, 0.29) is 37.7 Å². The quantitative estimate of drug-likeness (QED) is 0.535. The van der Waals surface area contributed by atoms with Crippen LogP contribution in [0.4, 0.5) is 0 Å². The van der Waals surface area contributed by atoms with Crippen molar-refractivity contribution in [2.75, 3.05) is 0 Å². The van der Waals surface area contributed by atoms with E-state index < -0.39 is 0 Å². The predicted molar refractivity (Wildman–Crippen MR) is 44.5 cm³/mol. The molecule has 71 valence electrons. The minimum absolute atomic E-state index is 0. The first-order valence-electron chi connectivity index (χ1n) is 4.18. The molecule has 0 aromatic carbocycles. The Kier molecular flexibility index (Phi) is 5.62. The number of hydrogen-bond acceptors (Lipinski definition) is 1. The molecule has 0 aromatic rings. The minimum atomic E-state index is 0. The summed E-state index contributed by atoms with van der Waals surface area (Å²) in [5.41, 5.74) is 0.428. The zero-order valence-electron chi connectivity index (χ0n) is 7.58. The van der Waals surface area contributed by atoms with E-state index in [4.69, 9.17) is 0 Å². The van der Waals surface area contributed by atoms with Gasteiger partial charge < -0.3 is 5.32 Å². The zero-order valence-corrected chi connectivity index (χ0v) is 9.51. The van der Waals surface area contributed by atoms with Crippen LogP contribution in [0.3, 0.4) is 0 Å². The van der Waals surface area contributed by atoms with Gasteiger partial charge in [0.2, 0.25) is 0 Å². The van der Waals surface area contributed by atoms with Crippen molar-refractivity contribution in [1.29, 1.82) is 0 Å². The Balaban J connectivity index is 0.000001000. The third-order valence-electron chi connectivity index (χ3n) is 2.21. The molecule has 1 unspecified atom stereocenters. The van der Waals surface area contributed by atoms with Crippen molar-refractivity contribution in [1.82, 2.24) is 5.32 Å². The molecule has 1 heterocycles. The van der Waals surface area contributed by atoms with E-state index in [2.05, 4.69) is 32.6 Å². The normalized spacial score (nSPS) is 25.9. The maximum absolute atomic E-state index is 3.43. The molecule has 0 amide bonds. The van der Waals surface area contributed by atoms with Crippen molar-refractivity contribution in [2.45, 2.75) is 46.1 Å². The van der Waals surface area contributed by atoms with Gasteiger partial charge in [-0.05, 0) is 17.9 Å². The molecule has 1 aliphatic heterocycles. The Morgan fingerprint density at radius 2 is 2.00 bits per heavy atom. The van der Waals surface area contributed by atoms with Gasteiger partial charge in [-0.25, -0.2) is 0 Å². The van der Waals surface area contributed by atoms with Crippen molar-refractivity contribution in [3.05, 3.63) is 6.54 Å². The topological polar surface area (TPSA) is 12.0 Å². The Morgan fingerprint density at radius 3 is 2.27 bits per heavy atom. The van der Waals surface area contributed by atoms with E-state index in [0.717, 1.165) is 0 Å². The first-order valence-corrected chi connectivity index (χ1v) is 4.18. The molecule has 1 atom stereocenters. The van der Waals surface area contributed by atoms with Crippen LogP contribution in [0.2, 0.25) is 0 Å². The van der Waals surface area contributed by atoms with Crippen LogP contribution in [0.5, 0.6) is 0 Å². The van der Waals surface area contributed by atoms with Crippen LogP contribution in [-0.2, 0) is 0 Å². The molecule has 1 saturated heterocycles. The van der Waals surface area contributed by atoms with Crippen molar-refractivity contribution in [3.63, 3.8) is 0 Å². The fourth-order valence-electron chi connectivity index (χ4n) is 1.42. The average Bonchev–Trinajstić information content (AvgIpc) is 1.88. The van der Waals surface area contributed by atoms with Crippen LogP contribution in [0.1, 0.15) is 40.0 Å². The van der Waals surface area contributed by atoms with Crippen LogP contribution in [0.25, 0.3) is 0 Å². The summed E-state index contributed by atoms with van der Waals surface area (Å²) in [7, 11) is 0. The number of piperidine rings is 1. The molecule has 0 saturated carbocycles. The standard InChI is InChI=1S/C9H18N.Ho/c1-9(2,3)8-6-4-5-7-10-8;/h7-8,10H,4-6H2,1-3H3;/q-1;. The third kappa shape index (κ3) is 4.12. The van der Waals surface area contributed by atoms with Crippen LogP contribution in [-0.4, -0.2) is 6.04 Å². The van der Waals surface area contributed by atoms with Crippen molar-refractivity contribution in [2.24, 2.45) is 5.41 Å². The van der Waals surface area contributed by atoms with Crippen LogP contribution >= 0.6 is 0 Å². The van der Waals surface area contributed by atoms with Gasteiger partial charge in [0.15, 0.2) is 0 Å². The second-order valence-corrected chi connectivity index (χ2v) is 4.22. The Labute approximate surface area is 100 Å². The van der Waals surface area contributed by atoms with Gasteiger partial charge in [0.1, 0.15) is 0 Å². The molecule has 0 spiro atoms. The van der Waals surface area contributed by atoms with E-state index in [1.165, 1.54) is 19.3 Å². The summed E-state index contributed by atoms with van der Waals surface area (Å²) >= 11 is 0. The fraction of sp³-hybridized carbons (Fsp3) is 0.889. The van der Waals surface area contributed by atoms with Crippen molar-refractivity contribution in [3.8, 4) is 0 Å². The van der Waals surface area contributed by atoms with E-state index in [9.17, 15) is 0 Å². The van der Waals surface area contributed by atoms with Crippen molar-refractivity contribution >= 4 is 0 Å². The first-order chi connectivity index (χ1) is 4.61. The summed E-state index contributed by atoms with van der Waals surface area (Å²) in [6.45, 7) is 9.09. The molecular formula is C9H18HoN-. The van der Waals surface area contributed by atoms with Gasteiger partial charge in [0.25, 0.3) is 0 Å². The van der Waals surface area contributed by atoms with E-state index in [0.29, 0.717) is 11.5 Å². The van der Waals surface area contributed by atoms with Crippen LogP contribution < -0.4 is 5.32 Å². The monoisotopic (exact) mass is 305 g/mol. The SMILES string of the molecule is CC(C)(C)C1CCC[CH-]N1.[Ho]. The van der Waals surface area contributed by atoms with Gasteiger partial charge in [-0.1, -0.05) is 27.2 Å². The molecule has 1 radical (unpaired) electrons. The third-order valence-corrected chi connectivity index (χ3v) is 2.21. The van der Waals surface area contributed by atoms with Gasteiger partial charge in [-0.3, -0.25) is 6.54 Å². The number of rotatable bonds is 0. The van der Waals surface area contributed by atoms with Gasteiger partial charge >= 0.3 is 0 Å². The number of nitrogens with one attached hydrogen (secondary N) is 1. The van der Waals surface area contributed by atoms with E-state index in [1.807, 2.05) is 0 Å². The molecule has 1 aliphatic rings. The first kappa shape index (κ1) is 12.2. The Hall–Kier alpha value is 1.22. The molecule has 1 nitrogen and oxygen atoms in total. The Bertz CT molecular complexity index is 101. The summed E-state index contributed by atoms with van der Waals surface area (Å²) in [5, 5.41) is 3.43. The summed E-state index contributed by atoms with van der Waals surface area (Å²) in [5.74, 6) is 0. The summed E-state index contributed by atoms with van der Waals surface area (Å²) in [6, 6.07) is 0.696. The smallest absolute Gasteiger partial charge is 0 e. The van der Waals surface area contributed by atoms with E-state index >= 15 is 0 Å². The molecule has 1 N–H and O–H groups in total. The molecule has 0 aliphatic carbocycles. The Morgan fingerprint density at radius 1 is 1.36 bits per heavy atom. The largest absolute Gasteiger partial charge is 0.467 e. The summed E-state index contributed by atoms with van der Waals surface area (Å²) in [4.78, 5) is 0. The van der Waals surface area contributed by atoms with E-state index in [1.54, 1.807) is 0 Å². The number of hydrogen-bond donors (Lipinski definition) is 1. The van der Waals surface area contributed by atoms with Crippen LogP contribution in [0, 0.1) is 49.7 Å². The van der Waals surface area contributed by atoms with Gasteiger partial charge in [0, 0.05) is 37.7 Å². The maximum Gasteiger partial charge on any atom is 0 e. The van der Waals surface area contributed by atoms with Gasteiger partial charge in [-0.2, -0.15) is 6.42 Å². The second-order valence-electron chi connectivity index (χ2n) is 4.22. The summed E-state index contributed by atoms with van der Waals surface area (Å²) in [6.07, 6.45) is 3.93. The summed E-state index contributed by atoms with van der Waals surface area (Å²) < 4.78 is 0.